The molecular formula is C13H17N3OS. The van der Waals surface area contributed by atoms with Crippen molar-refractivity contribution in [1.29, 1.82) is 0 Å². The molecular weight excluding hydrogens is 246 g/mol. The van der Waals surface area contributed by atoms with Crippen molar-refractivity contribution in [3.63, 3.8) is 0 Å². The number of thiazole rings is 1. The molecule has 0 amide bonds. The quantitative estimate of drug-likeness (QED) is 0.921. The Bertz CT molecular complexity index is 586. The Morgan fingerprint density at radius 1 is 1.39 bits per heavy atom. The first-order valence-corrected chi connectivity index (χ1v) is 6.91. The van der Waals surface area contributed by atoms with Crippen LogP contribution in [0.3, 0.4) is 0 Å². The molecule has 4 nitrogen and oxygen atoms in total. The molecule has 0 saturated heterocycles. The zero-order valence-electron chi connectivity index (χ0n) is 10.9. The van der Waals surface area contributed by atoms with Gasteiger partial charge in [-0.3, -0.25) is 4.79 Å². The summed E-state index contributed by atoms with van der Waals surface area (Å²) in [5.41, 5.74) is 1.79. The van der Waals surface area contributed by atoms with Gasteiger partial charge >= 0.3 is 0 Å². The summed E-state index contributed by atoms with van der Waals surface area (Å²) in [6.45, 7) is 6.20. The molecule has 0 fully saturated rings. The summed E-state index contributed by atoms with van der Waals surface area (Å²) in [6, 6.07) is 1.58. The third-order valence-corrected chi connectivity index (χ3v) is 3.41. The lowest BCUT2D eigenvalue weighted by molar-refractivity contribution is 0.629. The number of aromatic amines is 1. The average molecular weight is 263 g/mol. The SMILES string of the molecule is Cc1csc(Cc2nc(CC(C)C)cc(=O)[nH]2)n1. The van der Waals surface area contributed by atoms with Gasteiger partial charge < -0.3 is 4.98 Å². The summed E-state index contributed by atoms with van der Waals surface area (Å²) < 4.78 is 0. The van der Waals surface area contributed by atoms with E-state index in [1.165, 1.54) is 0 Å². The molecule has 0 aliphatic carbocycles. The zero-order valence-corrected chi connectivity index (χ0v) is 11.7. The van der Waals surface area contributed by atoms with E-state index < -0.39 is 0 Å². The molecule has 0 aromatic carbocycles. The van der Waals surface area contributed by atoms with Gasteiger partial charge in [-0.05, 0) is 19.3 Å². The molecule has 0 aliphatic rings. The molecule has 5 heteroatoms. The van der Waals surface area contributed by atoms with Gasteiger partial charge in [0.1, 0.15) is 10.8 Å². The molecule has 18 heavy (non-hydrogen) atoms. The molecule has 2 aromatic heterocycles. The van der Waals surface area contributed by atoms with Crippen molar-refractivity contribution in [2.45, 2.75) is 33.6 Å². The first kappa shape index (κ1) is 13.0. The Morgan fingerprint density at radius 3 is 2.78 bits per heavy atom. The molecule has 2 aromatic rings. The summed E-state index contributed by atoms with van der Waals surface area (Å²) in [5.74, 6) is 1.20. The highest BCUT2D eigenvalue weighted by Gasteiger charge is 2.06. The lowest BCUT2D eigenvalue weighted by Gasteiger charge is -2.05. The van der Waals surface area contributed by atoms with Crippen molar-refractivity contribution in [2.24, 2.45) is 5.92 Å². The average Bonchev–Trinajstić information content (AvgIpc) is 2.61. The van der Waals surface area contributed by atoms with Gasteiger partial charge in [0.25, 0.3) is 5.56 Å². The van der Waals surface area contributed by atoms with Crippen molar-refractivity contribution < 1.29 is 0 Å². The fraction of sp³-hybridized carbons (Fsp3) is 0.462. The molecule has 0 atom stereocenters. The maximum absolute atomic E-state index is 11.6. The van der Waals surface area contributed by atoms with E-state index in [4.69, 9.17) is 0 Å². The van der Waals surface area contributed by atoms with Gasteiger partial charge in [-0.25, -0.2) is 9.97 Å². The summed E-state index contributed by atoms with van der Waals surface area (Å²) >= 11 is 1.60. The third-order valence-electron chi connectivity index (χ3n) is 2.45. The maximum Gasteiger partial charge on any atom is 0.251 e. The predicted octanol–water partition coefficient (Wildman–Crippen LogP) is 2.32. The van der Waals surface area contributed by atoms with Crippen molar-refractivity contribution in [3.8, 4) is 0 Å². The van der Waals surface area contributed by atoms with Crippen LogP contribution in [0.1, 0.15) is 36.1 Å². The second kappa shape index (κ2) is 5.44. The third kappa shape index (κ3) is 3.50. The van der Waals surface area contributed by atoms with E-state index in [1.807, 2.05) is 12.3 Å². The Balaban J connectivity index is 2.22. The summed E-state index contributed by atoms with van der Waals surface area (Å²) in [7, 11) is 0. The molecule has 2 rings (SSSR count). The fourth-order valence-corrected chi connectivity index (χ4v) is 2.57. The van der Waals surface area contributed by atoms with Crippen LogP contribution in [0.4, 0.5) is 0 Å². The Labute approximate surface area is 110 Å². The number of nitrogens with one attached hydrogen (secondary N) is 1. The Kier molecular flexibility index (Phi) is 3.91. The minimum Gasteiger partial charge on any atom is -0.310 e. The molecule has 0 radical (unpaired) electrons. The lowest BCUT2D eigenvalue weighted by atomic mass is 10.1. The van der Waals surface area contributed by atoms with Crippen LogP contribution in [0, 0.1) is 12.8 Å². The number of rotatable bonds is 4. The van der Waals surface area contributed by atoms with E-state index in [1.54, 1.807) is 17.4 Å². The number of aryl methyl sites for hydroxylation is 1. The normalized spacial score (nSPS) is 11.1. The summed E-state index contributed by atoms with van der Waals surface area (Å²) in [4.78, 5) is 23.2. The van der Waals surface area contributed by atoms with Crippen molar-refractivity contribution in [2.75, 3.05) is 0 Å². The van der Waals surface area contributed by atoms with Gasteiger partial charge in [0.05, 0.1) is 6.42 Å². The first-order valence-electron chi connectivity index (χ1n) is 6.03. The fourth-order valence-electron chi connectivity index (χ4n) is 1.80. The molecule has 0 bridgehead atoms. The van der Waals surface area contributed by atoms with Crippen LogP contribution in [-0.2, 0) is 12.8 Å². The standard InChI is InChI=1S/C13H17N3OS/c1-8(2)4-10-5-12(17)16-11(15-10)6-13-14-9(3)7-18-13/h5,7-8H,4,6H2,1-3H3,(H,15,16,17). The van der Waals surface area contributed by atoms with E-state index in [2.05, 4.69) is 28.8 Å². The van der Waals surface area contributed by atoms with Crippen LogP contribution < -0.4 is 5.56 Å². The molecule has 1 N–H and O–H groups in total. The van der Waals surface area contributed by atoms with Crippen LogP contribution >= 0.6 is 11.3 Å². The van der Waals surface area contributed by atoms with Gasteiger partial charge in [-0.2, -0.15) is 0 Å². The van der Waals surface area contributed by atoms with Gasteiger partial charge in [0, 0.05) is 22.8 Å². The topological polar surface area (TPSA) is 58.6 Å². The highest BCUT2D eigenvalue weighted by molar-refractivity contribution is 7.09. The second-order valence-corrected chi connectivity index (χ2v) is 5.78. The molecule has 96 valence electrons. The molecule has 2 heterocycles. The van der Waals surface area contributed by atoms with Crippen molar-refractivity contribution in [1.82, 2.24) is 15.0 Å². The monoisotopic (exact) mass is 263 g/mol. The number of aromatic nitrogens is 3. The molecule has 0 unspecified atom stereocenters. The van der Waals surface area contributed by atoms with Gasteiger partial charge in [-0.1, -0.05) is 13.8 Å². The highest BCUT2D eigenvalue weighted by Crippen LogP contribution is 2.12. The van der Waals surface area contributed by atoms with Crippen LogP contribution in [0.25, 0.3) is 0 Å². The van der Waals surface area contributed by atoms with E-state index >= 15 is 0 Å². The minimum atomic E-state index is -0.0797. The first-order chi connectivity index (χ1) is 8.52. The van der Waals surface area contributed by atoms with E-state index in [-0.39, 0.29) is 5.56 Å². The largest absolute Gasteiger partial charge is 0.310 e. The minimum absolute atomic E-state index is 0.0797. The smallest absolute Gasteiger partial charge is 0.251 e. The summed E-state index contributed by atoms with van der Waals surface area (Å²) in [5, 5.41) is 2.99. The van der Waals surface area contributed by atoms with E-state index in [9.17, 15) is 4.79 Å². The molecule has 0 spiro atoms. The highest BCUT2D eigenvalue weighted by atomic mass is 32.1. The van der Waals surface area contributed by atoms with Crippen LogP contribution in [-0.4, -0.2) is 15.0 Å². The number of nitrogens with zero attached hydrogens (tertiary/aromatic N) is 2. The van der Waals surface area contributed by atoms with Crippen LogP contribution in [0.5, 0.6) is 0 Å². The van der Waals surface area contributed by atoms with Gasteiger partial charge in [-0.15, -0.1) is 11.3 Å². The number of hydrogen-bond donors (Lipinski definition) is 1. The summed E-state index contributed by atoms with van der Waals surface area (Å²) in [6.07, 6.45) is 1.42. The Hall–Kier alpha value is -1.49. The zero-order chi connectivity index (χ0) is 13.1. The van der Waals surface area contributed by atoms with Crippen LogP contribution in [0.2, 0.25) is 0 Å². The Morgan fingerprint density at radius 2 is 2.17 bits per heavy atom. The number of hydrogen-bond acceptors (Lipinski definition) is 4. The number of H-pyrrole nitrogens is 1. The van der Waals surface area contributed by atoms with Crippen molar-refractivity contribution >= 4 is 11.3 Å². The van der Waals surface area contributed by atoms with Crippen LogP contribution in [0.15, 0.2) is 16.2 Å². The van der Waals surface area contributed by atoms with E-state index in [0.29, 0.717) is 18.2 Å². The van der Waals surface area contributed by atoms with Crippen molar-refractivity contribution in [3.05, 3.63) is 44.0 Å². The lowest BCUT2D eigenvalue weighted by Crippen LogP contribution is -2.14. The van der Waals surface area contributed by atoms with Gasteiger partial charge in [0.2, 0.25) is 0 Å². The molecule has 0 saturated carbocycles. The predicted molar refractivity (Wildman–Crippen MR) is 73.1 cm³/mol. The molecule has 0 aliphatic heterocycles. The maximum atomic E-state index is 11.6. The second-order valence-electron chi connectivity index (χ2n) is 4.84. The van der Waals surface area contributed by atoms with Gasteiger partial charge in [0.15, 0.2) is 0 Å². The van der Waals surface area contributed by atoms with E-state index in [0.717, 1.165) is 22.8 Å².